The molecule has 4 heterocycles. The molecule has 1 fully saturated rings. The second kappa shape index (κ2) is 7.79. The average Bonchev–Trinajstić information content (AvgIpc) is 3.63. The van der Waals surface area contributed by atoms with Crippen LogP contribution in [0.3, 0.4) is 0 Å². The number of para-hydroxylation sites is 1. The number of H-pyrrole nitrogens is 1. The summed E-state index contributed by atoms with van der Waals surface area (Å²) in [5, 5.41) is 0.523. The van der Waals surface area contributed by atoms with Crippen molar-refractivity contribution in [2.45, 2.75) is 64.5 Å². The Labute approximate surface area is 190 Å². The first-order chi connectivity index (χ1) is 16.1. The van der Waals surface area contributed by atoms with Crippen molar-refractivity contribution in [1.82, 2.24) is 24.5 Å². The summed E-state index contributed by atoms with van der Waals surface area (Å²) in [6, 6.07) is 7.31. The fourth-order valence-electron chi connectivity index (χ4n) is 4.69. The number of carbonyl (C=O) groups is 1. The molecule has 8 nitrogen and oxygen atoms in total. The van der Waals surface area contributed by atoms with E-state index in [0.717, 1.165) is 61.4 Å². The summed E-state index contributed by atoms with van der Waals surface area (Å²) in [5.41, 5.74) is 4.06. The molecule has 2 aliphatic rings. The minimum absolute atomic E-state index is 0.117. The van der Waals surface area contributed by atoms with Crippen molar-refractivity contribution in [3.63, 3.8) is 0 Å². The molecule has 6 rings (SSSR count). The monoisotopic (exact) mass is 443 g/mol. The first-order valence-corrected chi connectivity index (χ1v) is 11.6. The zero-order valence-electron chi connectivity index (χ0n) is 18.6. The van der Waals surface area contributed by atoms with E-state index in [1.807, 2.05) is 25.1 Å². The maximum atomic E-state index is 13.2. The zero-order valence-corrected chi connectivity index (χ0v) is 18.6. The lowest BCUT2D eigenvalue weighted by Crippen LogP contribution is -2.15. The number of benzene rings is 1. The third-order valence-electron chi connectivity index (χ3n) is 6.63. The summed E-state index contributed by atoms with van der Waals surface area (Å²) in [6.45, 7) is 2.66. The van der Waals surface area contributed by atoms with Crippen molar-refractivity contribution in [2.75, 3.05) is 0 Å². The van der Waals surface area contributed by atoms with E-state index in [9.17, 15) is 9.59 Å². The second-order valence-electron chi connectivity index (χ2n) is 9.09. The molecule has 0 bridgehead atoms. The highest BCUT2D eigenvalue weighted by molar-refractivity contribution is 6.01. The number of aromatic nitrogens is 5. The number of ether oxygens (including phenoxy) is 1. The molecule has 0 spiro atoms. The van der Waals surface area contributed by atoms with E-state index in [2.05, 4.69) is 14.5 Å². The van der Waals surface area contributed by atoms with Crippen LogP contribution in [0.15, 0.2) is 29.1 Å². The molecule has 0 saturated heterocycles. The number of hydrogen-bond donors (Lipinski definition) is 1. The lowest BCUT2D eigenvalue weighted by molar-refractivity contribution is 0.0464. The number of hydrogen-bond acceptors (Lipinski definition) is 6. The van der Waals surface area contributed by atoms with Crippen molar-refractivity contribution in [1.29, 1.82) is 0 Å². The van der Waals surface area contributed by atoms with Gasteiger partial charge in [0.25, 0.3) is 5.56 Å². The number of nitrogens with one attached hydrogen (secondary N) is 1. The Morgan fingerprint density at radius 2 is 2.03 bits per heavy atom. The molecular weight excluding hydrogens is 418 g/mol. The number of carbonyl (C=O) groups excluding carboxylic acids is 1. The number of rotatable bonds is 4. The van der Waals surface area contributed by atoms with Gasteiger partial charge in [0.15, 0.2) is 5.65 Å². The first-order valence-electron chi connectivity index (χ1n) is 11.6. The lowest BCUT2D eigenvalue weighted by Gasteiger charge is -2.09. The topological polar surface area (TPSA) is 103 Å². The molecule has 0 radical (unpaired) electrons. The number of esters is 1. The number of aromatic amines is 1. The van der Waals surface area contributed by atoms with E-state index >= 15 is 0 Å². The molecule has 3 aromatic heterocycles. The van der Waals surface area contributed by atoms with E-state index in [1.165, 1.54) is 6.42 Å². The number of aryl methyl sites for hydroxylation is 3. The maximum Gasteiger partial charge on any atom is 0.340 e. The molecule has 1 saturated carbocycles. The zero-order chi connectivity index (χ0) is 22.5. The number of pyridine rings is 1. The van der Waals surface area contributed by atoms with Gasteiger partial charge in [-0.15, -0.1) is 0 Å². The third kappa shape index (κ3) is 3.59. The van der Waals surface area contributed by atoms with Crippen molar-refractivity contribution >= 4 is 28.0 Å². The van der Waals surface area contributed by atoms with Gasteiger partial charge in [-0.05, 0) is 50.3 Å². The highest BCUT2D eigenvalue weighted by atomic mass is 16.5. The Morgan fingerprint density at radius 1 is 1.15 bits per heavy atom. The Kier molecular flexibility index (Phi) is 4.74. The van der Waals surface area contributed by atoms with Crippen LogP contribution in [0.5, 0.6) is 0 Å². The largest absolute Gasteiger partial charge is 0.454 e. The molecule has 33 heavy (non-hydrogen) atoms. The van der Waals surface area contributed by atoms with Gasteiger partial charge < -0.3 is 14.3 Å². The van der Waals surface area contributed by atoms with E-state index in [0.29, 0.717) is 33.7 Å². The highest BCUT2D eigenvalue weighted by Crippen LogP contribution is 2.40. The number of fused-ring (bicyclic) bond motifs is 4. The van der Waals surface area contributed by atoms with Crippen LogP contribution in [-0.4, -0.2) is 30.5 Å². The molecular formula is C25H25N5O3. The number of nitrogens with zero attached hydrogens (tertiary/aromatic N) is 4. The van der Waals surface area contributed by atoms with Crippen molar-refractivity contribution in [2.24, 2.45) is 0 Å². The van der Waals surface area contributed by atoms with Gasteiger partial charge in [0.1, 0.15) is 23.8 Å². The van der Waals surface area contributed by atoms with Crippen LogP contribution in [0.25, 0.3) is 22.1 Å². The van der Waals surface area contributed by atoms with E-state index in [1.54, 1.807) is 6.07 Å². The summed E-state index contributed by atoms with van der Waals surface area (Å²) in [5.74, 6) is 1.25. The second-order valence-corrected chi connectivity index (χ2v) is 9.09. The predicted octanol–water partition coefficient (Wildman–Crippen LogP) is 3.94. The Morgan fingerprint density at radius 3 is 2.88 bits per heavy atom. The molecule has 1 aromatic carbocycles. The van der Waals surface area contributed by atoms with Gasteiger partial charge in [-0.2, -0.15) is 0 Å². The quantitative estimate of drug-likeness (QED) is 0.479. The van der Waals surface area contributed by atoms with Crippen LogP contribution >= 0.6 is 0 Å². The minimum atomic E-state index is -0.468. The molecule has 0 unspecified atom stereocenters. The molecule has 1 N–H and O–H groups in total. The smallest absolute Gasteiger partial charge is 0.340 e. The van der Waals surface area contributed by atoms with E-state index < -0.39 is 5.97 Å². The summed E-state index contributed by atoms with van der Waals surface area (Å²) in [4.78, 5) is 42.6. The van der Waals surface area contributed by atoms with E-state index in [-0.39, 0.29) is 12.2 Å². The molecule has 4 aromatic rings. The summed E-state index contributed by atoms with van der Waals surface area (Å²) in [7, 11) is 0. The van der Waals surface area contributed by atoms with Crippen LogP contribution in [0.2, 0.25) is 0 Å². The fourth-order valence-corrected chi connectivity index (χ4v) is 4.69. The predicted molar refractivity (Wildman–Crippen MR) is 123 cm³/mol. The van der Waals surface area contributed by atoms with Gasteiger partial charge in [-0.1, -0.05) is 18.6 Å². The maximum absolute atomic E-state index is 13.2. The molecule has 168 valence electrons. The van der Waals surface area contributed by atoms with Gasteiger partial charge in [0.2, 0.25) is 0 Å². The summed E-state index contributed by atoms with van der Waals surface area (Å²) in [6.07, 6.45) is 6.45. The summed E-state index contributed by atoms with van der Waals surface area (Å²) < 4.78 is 7.81. The van der Waals surface area contributed by atoms with Crippen molar-refractivity contribution < 1.29 is 9.53 Å². The Hall–Kier alpha value is -3.55. The molecule has 1 aliphatic carbocycles. The Bertz CT molecular complexity index is 1460. The van der Waals surface area contributed by atoms with E-state index in [4.69, 9.17) is 14.7 Å². The third-order valence-corrected chi connectivity index (χ3v) is 6.63. The van der Waals surface area contributed by atoms with Gasteiger partial charge in [0.05, 0.1) is 16.5 Å². The van der Waals surface area contributed by atoms with Crippen LogP contribution in [0.4, 0.5) is 0 Å². The number of imidazole rings is 1. The molecule has 0 atom stereocenters. The minimum Gasteiger partial charge on any atom is -0.454 e. The van der Waals surface area contributed by atoms with Crippen molar-refractivity contribution in [3.8, 4) is 0 Å². The van der Waals surface area contributed by atoms with Gasteiger partial charge >= 0.3 is 5.97 Å². The SMILES string of the molecule is Cc1cccc2c(=O)[nH]c(COC(=O)c3cc(C4CC4)nc4c3nc3n4CCCCC3)nc12. The first kappa shape index (κ1) is 20.1. The molecule has 1 aliphatic heterocycles. The van der Waals surface area contributed by atoms with Crippen LogP contribution in [-0.2, 0) is 24.3 Å². The van der Waals surface area contributed by atoms with Gasteiger partial charge in [-0.3, -0.25) is 4.79 Å². The van der Waals surface area contributed by atoms with Gasteiger partial charge in [0, 0.05) is 24.6 Å². The van der Waals surface area contributed by atoms with Crippen LogP contribution < -0.4 is 5.56 Å². The van der Waals surface area contributed by atoms with Crippen LogP contribution in [0, 0.1) is 6.92 Å². The lowest BCUT2D eigenvalue weighted by atomic mass is 10.1. The highest BCUT2D eigenvalue weighted by Gasteiger charge is 2.29. The van der Waals surface area contributed by atoms with Gasteiger partial charge in [-0.25, -0.2) is 19.7 Å². The van der Waals surface area contributed by atoms with Crippen LogP contribution in [0.1, 0.15) is 71.3 Å². The summed E-state index contributed by atoms with van der Waals surface area (Å²) >= 11 is 0. The molecule has 0 amide bonds. The normalized spacial score (nSPS) is 16.0. The average molecular weight is 444 g/mol. The fraction of sp³-hybridized carbons (Fsp3) is 0.400. The Balaban J connectivity index is 1.35. The molecule has 8 heteroatoms. The standard InChI is InChI=1S/C25H25N5O3/c1-14-6-5-7-16-21(14)27-19(28-24(16)31)13-33-25(32)17-12-18(15-9-10-15)26-23-22(17)29-20-8-3-2-4-11-30(20)23/h5-7,12,15H,2-4,8-11,13H2,1H3,(H,27,28,31). The van der Waals surface area contributed by atoms with Crippen molar-refractivity contribution in [3.05, 3.63) is 63.1 Å².